The molecule has 4 rings (SSSR count). The number of benzene rings is 1. The van der Waals surface area contributed by atoms with Crippen molar-refractivity contribution in [1.82, 2.24) is 9.88 Å². The highest BCUT2D eigenvalue weighted by molar-refractivity contribution is 7.21. The van der Waals surface area contributed by atoms with Crippen LogP contribution in [0.4, 0.5) is 11.5 Å². The van der Waals surface area contributed by atoms with Crippen LogP contribution >= 0.6 is 11.3 Å². The molecule has 3 aromatic rings. The third kappa shape index (κ3) is 3.73. The molecule has 10 nitrogen and oxygen atoms in total. The Labute approximate surface area is 194 Å². The summed E-state index contributed by atoms with van der Waals surface area (Å²) in [4.78, 5) is 20.1. The number of carbonyl (C=O) groups excluding carboxylic acids is 1. The van der Waals surface area contributed by atoms with E-state index in [1.165, 1.54) is 21.3 Å². The molecule has 0 atom stereocenters. The molecule has 1 aromatic carbocycles. The van der Waals surface area contributed by atoms with Crippen LogP contribution < -0.4 is 25.7 Å². The number of rotatable bonds is 5. The molecule has 11 heteroatoms. The van der Waals surface area contributed by atoms with Crippen molar-refractivity contribution in [2.24, 2.45) is 0 Å². The van der Waals surface area contributed by atoms with Crippen LogP contribution in [-0.4, -0.2) is 63.4 Å². The Bertz CT molecular complexity index is 1250. The van der Waals surface area contributed by atoms with E-state index in [0.717, 1.165) is 11.3 Å². The molecule has 3 heterocycles. The number of fused-ring (bicyclic) bond motifs is 1. The van der Waals surface area contributed by atoms with E-state index in [1.54, 1.807) is 17.0 Å². The van der Waals surface area contributed by atoms with Crippen molar-refractivity contribution in [2.75, 3.05) is 59.1 Å². The summed E-state index contributed by atoms with van der Waals surface area (Å²) in [5.74, 6) is 1.05. The molecule has 0 saturated carbocycles. The SMILES string of the molecule is COc1cc(-c2c(C#N)c(N)nc3sc(C(=O)N4CCOCC4)c(N)c23)cc(OC)c1OC. The van der Waals surface area contributed by atoms with E-state index < -0.39 is 0 Å². The van der Waals surface area contributed by atoms with Gasteiger partial charge < -0.3 is 35.3 Å². The normalized spacial score (nSPS) is 13.6. The van der Waals surface area contributed by atoms with Crippen molar-refractivity contribution in [2.45, 2.75) is 0 Å². The molecule has 1 amide bonds. The van der Waals surface area contributed by atoms with E-state index in [1.807, 2.05) is 0 Å². The number of nitriles is 1. The summed E-state index contributed by atoms with van der Waals surface area (Å²) in [6.07, 6.45) is 0. The van der Waals surface area contributed by atoms with Gasteiger partial charge in [0.2, 0.25) is 5.75 Å². The number of hydrogen-bond donors (Lipinski definition) is 2. The summed E-state index contributed by atoms with van der Waals surface area (Å²) < 4.78 is 21.7. The third-order valence-corrected chi connectivity index (χ3v) is 6.55. The van der Waals surface area contributed by atoms with Crippen molar-refractivity contribution in [1.29, 1.82) is 5.26 Å². The van der Waals surface area contributed by atoms with Gasteiger partial charge in [0.25, 0.3) is 5.91 Å². The number of hydrogen-bond acceptors (Lipinski definition) is 10. The van der Waals surface area contributed by atoms with E-state index in [4.69, 9.17) is 30.4 Å². The summed E-state index contributed by atoms with van der Waals surface area (Å²) in [6.45, 7) is 1.89. The molecule has 1 aliphatic heterocycles. The Morgan fingerprint density at radius 2 is 1.79 bits per heavy atom. The van der Waals surface area contributed by atoms with Gasteiger partial charge in [0.1, 0.15) is 27.2 Å². The van der Waals surface area contributed by atoms with E-state index in [0.29, 0.717) is 69.8 Å². The number of nitrogens with zero attached hydrogens (tertiary/aromatic N) is 3. The van der Waals surface area contributed by atoms with E-state index in [9.17, 15) is 10.1 Å². The lowest BCUT2D eigenvalue weighted by Gasteiger charge is -2.26. The topological polar surface area (TPSA) is 146 Å². The molecule has 172 valence electrons. The van der Waals surface area contributed by atoms with Gasteiger partial charge in [0.15, 0.2) is 11.5 Å². The highest BCUT2D eigenvalue weighted by Crippen LogP contribution is 2.47. The molecule has 1 fully saturated rings. The number of nitrogens with two attached hydrogens (primary N) is 2. The highest BCUT2D eigenvalue weighted by Gasteiger charge is 2.28. The molecule has 2 aromatic heterocycles. The van der Waals surface area contributed by atoms with Crippen LogP contribution in [0.1, 0.15) is 15.2 Å². The molecule has 0 aliphatic carbocycles. The Morgan fingerprint density at radius 1 is 1.15 bits per heavy atom. The second kappa shape index (κ2) is 9.01. The number of pyridine rings is 1. The molecule has 0 unspecified atom stereocenters. The van der Waals surface area contributed by atoms with Gasteiger partial charge in [-0.25, -0.2) is 4.98 Å². The van der Waals surface area contributed by atoms with Crippen LogP contribution in [0.5, 0.6) is 17.2 Å². The maximum absolute atomic E-state index is 13.2. The van der Waals surface area contributed by atoms with Gasteiger partial charge in [-0.05, 0) is 17.7 Å². The minimum atomic E-state index is -0.202. The lowest BCUT2D eigenvalue weighted by atomic mass is 9.96. The third-order valence-electron chi connectivity index (χ3n) is 5.46. The summed E-state index contributed by atoms with van der Waals surface area (Å²) in [5, 5.41) is 10.4. The van der Waals surface area contributed by atoms with Crippen molar-refractivity contribution >= 4 is 39.0 Å². The highest BCUT2D eigenvalue weighted by atomic mass is 32.1. The second-order valence-electron chi connectivity index (χ2n) is 7.20. The second-order valence-corrected chi connectivity index (χ2v) is 8.20. The number of amides is 1. The largest absolute Gasteiger partial charge is 0.493 e. The zero-order valence-electron chi connectivity index (χ0n) is 18.4. The van der Waals surface area contributed by atoms with Crippen molar-refractivity contribution in [3.63, 3.8) is 0 Å². The van der Waals surface area contributed by atoms with E-state index >= 15 is 0 Å². The number of ether oxygens (including phenoxy) is 4. The van der Waals surface area contributed by atoms with Crippen LogP contribution in [0, 0.1) is 11.3 Å². The fourth-order valence-corrected chi connectivity index (χ4v) is 4.95. The van der Waals surface area contributed by atoms with Gasteiger partial charge >= 0.3 is 0 Å². The van der Waals surface area contributed by atoms with Crippen LogP contribution in [0.15, 0.2) is 12.1 Å². The van der Waals surface area contributed by atoms with Crippen molar-refractivity contribution < 1.29 is 23.7 Å². The van der Waals surface area contributed by atoms with Gasteiger partial charge in [0.05, 0.1) is 40.2 Å². The number of thiophene rings is 1. The van der Waals surface area contributed by atoms with Crippen LogP contribution in [0.25, 0.3) is 21.3 Å². The average Bonchev–Trinajstić information content (AvgIpc) is 3.17. The Balaban J connectivity index is 1.99. The predicted molar refractivity (Wildman–Crippen MR) is 125 cm³/mol. The smallest absolute Gasteiger partial charge is 0.266 e. The zero-order chi connectivity index (χ0) is 23.7. The lowest BCUT2D eigenvalue weighted by Crippen LogP contribution is -2.40. The van der Waals surface area contributed by atoms with Gasteiger partial charge in [-0.2, -0.15) is 5.26 Å². The van der Waals surface area contributed by atoms with Crippen molar-refractivity contribution in [3.8, 4) is 34.4 Å². The first-order chi connectivity index (χ1) is 15.9. The molecule has 1 saturated heterocycles. The van der Waals surface area contributed by atoms with Crippen LogP contribution in [0.3, 0.4) is 0 Å². The monoisotopic (exact) mass is 469 g/mol. The minimum Gasteiger partial charge on any atom is -0.493 e. The first-order valence-electron chi connectivity index (χ1n) is 10.0. The molecule has 0 radical (unpaired) electrons. The Kier molecular flexibility index (Phi) is 6.13. The molecule has 0 bridgehead atoms. The van der Waals surface area contributed by atoms with E-state index in [2.05, 4.69) is 11.1 Å². The number of anilines is 2. The lowest BCUT2D eigenvalue weighted by molar-refractivity contribution is 0.0307. The number of nitrogen functional groups attached to an aromatic ring is 2. The fraction of sp³-hybridized carbons (Fsp3) is 0.318. The van der Waals surface area contributed by atoms with Gasteiger partial charge in [-0.15, -0.1) is 11.3 Å². The molecular formula is C22H23N5O5S. The zero-order valence-corrected chi connectivity index (χ0v) is 19.2. The number of methoxy groups -OCH3 is 3. The average molecular weight is 470 g/mol. The molecule has 4 N–H and O–H groups in total. The maximum Gasteiger partial charge on any atom is 0.266 e. The molecule has 0 spiro atoms. The summed E-state index contributed by atoms with van der Waals surface area (Å²) >= 11 is 1.15. The van der Waals surface area contributed by atoms with Gasteiger partial charge in [0, 0.05) is 24.0 Å². The summed E-state index contributed by atoms with van der Waals surface area (Å²) in [5.41, 5.74) is 14.1. The maximum atomic E-state index is 13.2. The summed E-state index contributed by atoms with van der Waals surface area (Å²) in [6, 6.07) is 5.53. The molecule has 33 heavy (non-hydrogen) atoms. The number of carbonyl (C=O) groups is 1. The van der Waals surface area contributed by atoms with Crippen LogP contribution in [0.2, 0.25) is 0 Å². The van der Waals surface area contributed by atoms with Crippen molar-refractivity contribution in [3.05, 3.63) is 22.6 Å². The van der Waals surface area contributed by atoms with Gasteiger partial charge in [-0.1, -0.05) is 0 Å². The fourth-order valence-electron chi connectivity index (χ4n) is 3.87. The molecular weight excluding hydrogens is 446 g/mol. The number of morpholine rings is 1. The minimum absolute atomic E-state index is 0.0420. The van der Waals surface area contributed by atoms with E-state index in [-0.39, 0.29) is 23.0 Å². The number of aromatic nitrogens is 1. The first kappa shape index (κ1) is 22.4. The van der Waals surface area contributed by atoms with Gasteiger partial charge in [-0.3, -0.25) is 4.79 Å². The predicted octanol–water partition coefficient (Wildman–Crippen LogP) is 2.50. The standard InChI is InChI=1S/C22H23N5O5S/c1-29-13-8-11(9-14(30-2)18(13)31-3)15-12(10-23)20(25)26-21-16(15)17(24)19(33-21)22(28)27-4-6-32-7-5-27/h8-9H,4-7,24H2,1-3H3,(H2,25,26). The molecule has 1 aliphatic rings. The van der Waals surface area contributed by atoms with Crippen LogP contribution in [-0.2, 0) is 4.74 Å². The Hall–Kier alpha value is -3.75. The quantitative estimate of drug-likeness (QED) is 0.575. The Morgan fingerprint density at radius 3 is 2.33 bits per heavy atom. The summed E-state index contributed by atoms with van der Waals surface area (Å²) in [7, 11) is 4.51. The first-order valence-corrected chi connectivity index (χ1v) is 10.9.